The van der Waals surface area contributed by atoms with Gasteiger partial charge in [0.25, 0.3) is 0 Å². The van der Waals surface area contributed by atoms with Crippen LogP contribution in [0.3, 0.4) is 0 Å². The maximum Gasteiger partial charge on any atom is 0.123 e. The first-order valence-electron chi connectivity index (χ1n) is 6.26. The van der Waals surface area contributed by atoms with E-state index in [1.807, 2.05) is 32.0 Å². The van der Waals surface area contributed by atoms with Crippen molar-refractivity contribution in [2.24, 2.45) is 0 Å². The number of hydrogen-bond acceptors (Lipinski definition) is 3. The van der Waals surface area contributed by atoms with Gasteiger partial charge in [-0.05, 0) is 38.6 Å². The second kappa shape index (κ2) is 7.62. The lowest BCUT2D eigenvalue weighted by Crippen LogP contribution is -2.27. The summed E-state index contributed by atoms with van der Waals surface area (Å²) in [5.41, 5.74) is 1.03. The van der Waals surface area contributed by atoms with Crippen LogP contribution in [0.15, 0.2) is 18.2 Å². The standard InChI is InChI=1S/C14H22ClNO2/c1-5-16-13(9-18-10(2)3)12-8-11(15)6-7-14(12)17-4/h6-8,10,13,16H,5,9H2,1-4H3. The molecule has 3 nitrogen and oxygen atoms in total. The first-order valence-corrected chi connectivity index (χ1v) is 6.64. The molecule has 102 valence electrons. The molecule has 0 bridgehead atoms. The summed E-state index contributed by atoms with van der Waals surface area (Å²) in [6, 6.07) is 5.73. The lowest BCUT2D eigenvalue weighted by Gasteiger charge is -2.22. The quantitative estimate of drug-likeness (QED) is 0.824. The molecule has 0 aliphatic heterocycles. The first-order chi connectivity index (χ1) is 8.58. The number of nitrogens with one attached hydrogen (secondary N) is 1. The van der Waals surface area contributed by atoms with Crippen LogP contribution in [0.4, 0.5) is 0 Å². The van der Waals surface area contributed by atoms with Crippen LogP contribution < -0.4 is 10.1 Å². The number of methoxy groups -OCH3 is 1. The van der Waals surface area contributed by atoms with Gasteiger partial charge in [-0.2, -0.15) is 0 Å². The van der Waals surface area contributed by atoms with Crippen LogP contribution in [-0.2, 0) is 4.74 Å². The van der Waals surface area contributed by atoms with Crippen LogP contribution in [0, 0.1) is 0 Å². The maximum atomic E-state index is 6.06. The molecule has 4 heteroatoms. The average molecular weight is 272 g/mol. The second-order valence-corrected chi connectivity index (χ2v) is 4.82. The molecular weight excluding hydrogens is 250 g/mol. The van der Waals surface area contributed by atoms with Crippen molar-refractivity contribution in [2.45, 2.75) is 32.9 Å². The Labute approximate surface area is 114 Å². The summed E-state index contributed by atoms with van der Waals surface area (Å²) in [6.07, 6.45) is 0.205. The highest BCUT2D eigenvalue weighted by atomic mass is 35.5. The zero-order valence-corrected chi connectivity index (χ0v) is 12.3. The van der Waals surface area contributed by atoms with Gasteiger partial charge in [0.05, 0.1) is 25.9 Å². The minimum absolute atomic E-state index is 0.0889. The largest absolute Gasteiger partial charge is 0.496 e. The van der Waals surface area contributed by atoms with E-state index >= 15 is 0 Å². The fourth-order valence-electron chi connectivity index (χ4n) is 1.77. The smallest absolute Gasteiger partial charge is 0.123 e. The maximum absolute atomic E-state index is 6.06. The van der Waals surface area contributed by atoms with Crippen molar-refractivity contribution >= 4 is 11.6 Å². The lowest BCUT2D eigenvalue weighted by atomic mass is 10.1. The van der Waals surface area contributed by atoms with Gasteiger partial charge in [-0.1, -0.05) is 18.5 Å². The van der Waals surface area contributed by atoms with E-state index in [0.717, 1.165) is 17.9 Å². The summed E-state index contributed by atoms with van der Waals surface area (Å²) in [7, 11) is 1.67. The number of benzene rings is 1. The fourth-order valence-corrected chi connectivity index (χ4v) is 1.95. The topological polar surface area (TPSA) is 30.5 Å². The molecule has 0 saturated heterocycles. The molecule has 0 saturated carbocycles. The third kappa shape index (κ3) is 4.48. The fraction of sp³-hybridized carbons (Fsp3) is 0.571. The van der Waals surface area contributed by atoms with Crippen LogP contribution in [0.25, 0.3) is 0 Å². The van der Waals surface area contributed by atoms with E-state index in [9.17, 15) is 0 Å². The van der Waals surface area contributed by atoms with Crippen molar-refractivity contribution < 1.29 is 9.47 Å². The summed E-state index contributed by atoms with van der Waals surface area (Å²) < 4.78 is 11.1. The summed E-state index contributed by atoms with van der Waals surface area (Å²) in [6.45, 7) is 7.58. The SMILES string of the molecule is CCNC(COC(C)C)c1cc(Cl)ccc1OC. The highest BCUT2D eigenvalue weighted by Gasteiger charge is 2.16. The predicted octanol–water partition coefficient (Wildman–Crippen LogP) is 3.42. The highest BCUT2D eigenvalue weighted by Crippen LogP contribution is 2.28. The van der Waals surface area contributed by atoms with Crippen LogP contribution in [0.2, 0.25) is 5.02 Å². The molecule has 0 radical (unpaired) electrons. The summed E-state index contributed by atoms with van der Waals surface area (Å²) in [5, 5.41) is 4.10. The molecule has 0 aliphatic carbocycles. The molecule has 0 aromatic heterocycles. The molecule has 1 aromatic rings. The first kappa shape index (κ1) is 15.3. The molecule has 1 rings (SSSR count). The van der Waals surface area contributed by atoms with Crippen molar-refractivity contribution in [1.29, 1.82) is 0 Å². The third-order valence-electron chi connectivity index (χ3n) is 2.61. The predicted molar refractivity (Wildman–Crippen MR) is 75.5 cm³/mol. The van der Waals surface area contributed by atoms with Gasteiger partial charge in [-0.15, -0.1) is 0 Å². The lowest BCUT2D eigenvalue weighted by molar-refractivity contribution is 0.0609. The Bertz CT molecular complexity index is 369. The molecule has 0 fully saturated rings. The summed E-state index contributed by atoms with van der Waals surface area (Å²) in [4.78, 5) is 0. The Balaban J connectivity index is 2.92. The van der Waals surface area contributed by atoms with Gasteiger partial charge >= 0.3 is 0 Å². The van der Waals surface area contributed by atoms with Gasteiger partial charge in [0, 0.05) is 10.6 Å². The summed E-state index contributed by atoms with van der Waals surface area (Å²) in [5.74, 6) is 0.831. The Morgan fingerprint density at radius 3 is 2.61 bits per heavy atom. The molecule has 0 spiro atoms. The van der Waals surface area contributed by atoms with E-state index in [4.69, 9.17) is 21.1 Å². The van der Waals surface area contributed by atoms with Crippen LogP contribution in [0.1, 0.15) is 32.4 Å². The number of ether oxygens (including phenoxy) is 2. The van der Waals surface area contributed by atoms with Crippen molar-refractivity contribution in [2.75, 3.05) is 20.3 Å². The molecule has 0 aliphatic rings. The van der Waals surface area contributed by atoms with Crippen LogP contribution in [0.5, 0.6) is 5.75 Å². The average Bonchev–Trinajstić information content (AvgIpc) is 2.34. The number of rotatable bonds is 7. The monoisotopic (exact) mass is 271 g/mol. The van der Waals surface area contributed by atoms with E-state index in [0.29, 0.717) is 11.6 Å². The molecule has 0 heterocycles. The van der Waals surface area contributed by atoms with Gasteiger partial charge in [0.1, 0.15) is 5.75 Å². The van der Waals surface area contributed by atoms with Gasteiger partial charge in [0.15, 0.2) is 0 Å². The third-order valence-corrected chi connectivity index (χ3v) is 2.85. The van der Waals surface area contributed by atoms with Crippen molar-refractivity contribution in [3.05, 3.63) is 28.8 Å². The van der Waals surface area contributed by atoms with E-state index in [1.54, 1.807) is 7.11 Å². The van der Waals surface area contributed by atoms with Gasteiger partial charge in [-0.25, -0.2) is 0 Å². The van der Waals surface area contributed by atoms with E-state index in [-0.39, 0.29) is 12.1 Å². The Morgan fingerprint density at radius 1 is 1.33 bits per heavy atom. The van der Waals surface area contributed by atoms with E-state index < -0.39 is 0 Å². The molecule has 18 heavy (non-hydrogen) atoms. The van der Waals surface area contributed by atoms with Crippen molar-refractivity contribution in [1.82, 2.24) is 5.32 Å². The van der Waals surface area contributed by atoms with Gasteiger partial charge in [0.2, 0.25) is 0 Å². The molecular formula is C14H22ClNO2. The Kier molecular flexibility index (Phi) is 6.47. The van der Waals surface area contributed by atoms with Gasteiger partial charge < -0.3 is 14.8 Å². The van der Waals surface area contributed by atoms with Crippen molar-refractivity contribution in [3.63, 3.8) is 0 Å². The van der Waals surface area contributed by atoms with Crippen LogP contribution in [-0.4, -0.2) is 26.4 Å². The van der Waals surface area contributed by atoms with Crippen molar-refractivity contribution in [3.8, 4) is 5.75 Å². The number of likely N-dealkylation sites (N-methyl/N-ethyl adjacent to an activating group) is 1. The van der Waals surface area contributed by atoms with Gasteiger partial charge in [-0.3, -0.25) is 0 Å². The minimum Gasteiger partial charge on any atom is -0.496 e. The van der Waals surface area contributed by atoms with E-state index in [1.165, 1.54) is 0 Å². The molecule has 1 atom stereocenters. The van der Waals surface area contributed by atoms with E-state index in [2.05, 4.69) is 12.2 Å². The van der Waals surface area contributed by atoms with Crippen LogP contribution >= 0.6 is 11.6 Å². The highest BCUT2D eigenvalue weighted by molar-refractivity contribution is 6.30. The molecule has 0 amide bonds. The Morgan fingerprint density at radius 2 is 2.06 bits per heavy atom. The zero-order chi connectivity index (χ0) is 13.5. The normalized spacial score (nSPS) is 12.8. The molecule has 1 unspecified atom stereocenters. The summed E-state index contributed by atoms with van der Waals surface area (Å²) >= 11 is 6.06. The number of halogens is 1. The molecule has 1 N–H and O–H groups in total. The second-order valence-electron chi connectivity index (χ2n) is 4.38. The number of hydrogen-bond donors (Lipinski definition) is 1. The zero-order valence-electron chi connectivity index (χ0n) is 11.5. The molecule has 1 aromatic carbocycles. The Hall–Kier alpha value is -0.770. The minimum atomic E-state index is 0.0889.